The quantitative estimate of drug-likeness (QED) is 0.171. The van der Waals surface area contributed by atoms with Crippen molar-refractivity contribution in [2.24, 2.45) is 0 Å². The summed E-state index contributed by atoms with van der Waals surface area (Å²) in [6.07, 6.45) is 8.52. The van der Waals surface area contributed by atoms with Gasteiger partial charge >= 0.3 is 0 Å². The maximum absolute atomic E-state index is 11.2. The number of thioether (sulfide) groups is 2. The van der Waals surface area contributed by atoms with Crippen LogP contribution >= 0.6 is 34.9 Å². The Labute approximate surface area is 274 Å². The minimum atomic E-state index is -3.95. The molecule has 8 nitrogen and oxygen atoms in total. The molecular weight excluding hydrogens is 639 g/mol. The molecule has 0 radical (unpaired) electrons. The standard InChI is InChI=1S/C32H43NO7S4/c34-44(35,36)25-7-4-14-33-28-8-2-3-9-31(28)43-32(33)13-11-27-10-12-29-30(26-27)40-20-24-42-23-19-38-17-16-37-18-22-41-21-6-1-5-15-39-29/h2-3,8-13,26H,1,4-7,14-25H2/p+1/b13-11+. The third-order valence-electron chi connectivity index (χ3n) is 6.85. The summed E-state index contributed by atoms with van der Waals surface area (Å²) in [5.41, 5.74) is 2.12. The van der Waals surface area contributed by atoms with Gasteiger partial charge in [-0.3, -0.25) is 4.55 Å². The van der Waals surface area contributed by atoms with E-state index in [1.54, 1.807) is 11.3 Å². The first-order chi connectivity index (χ1) is 21.5. The van der Waals surface area contributed by atoms with Crippen LogP contribution in [0.4, 0.5) is 0 Å². The monoisotopic (exact) mass is 682 g/mol. The Balaban J connectivity index is 1.43. The summed E-state index contributed by atoms with van der Waals surface area (Å²) in [6, 6.07) is 14.3. The smallest absolute Gasteiger partial charge is 0.264 e. The first-order valence-electron chi connectivity index (χ1n) is 15.2. The van der Waals surface area contributed by atoms with Gasteiger partial charge in [0.15, 0.2) is 18.0 Å². The molecule has 1 aromatic heterocycles. The Morgan fingerprint density at radius 2 is 1.52 bits per heavy atom. The van der Waals surface area contributed by atoms with E-state index in [2.05, 4.69) is 34.9 Å². The highest BCUT2D eigenvalue weighted by Crippen LogP contribution is 2.30. The molecule has 12 heteroatoms. The van der Waals surface area contributed by atoms with Crippen LogP contribution < -0.4 is 14.0 Å². The van der Waals surface area contributed by atoms with E-state index in [0.29, 0.717) is 52.4 Å². The van der Waals surface area contributed by atoms with Crippen molar-refractivity contribution in [3.63, 3.8) is 0 Å². The van der Waals surface area contributed by atoms with Crippen molar-refractivity contribution in [3.05, 3.63) is 53.0 Å². The van der Waals surface area contributed by atoms with Crippen molar-refractivity contribution >= 4 is 67.3 Å². The van der Waals surface area contributed by atoms with Gasteiger partial charge in [-0.2, -0.15) is 36.5 Å². The Kier molecular flexibility index (Phi) is 15.7. The summed E-state index contributed by atoms with van der Waals surface area (Å²) in [4.78, 5) is 0. The van der Waals surface area contributed by atoms with Gasteiger partial charge in [-0.05, 0) is 61.3 Å². The normalized spacial score (nSPS) is 17.4. The molecule has 0 saturated carbocycles. The fourth-order valence-electron chi connectivity index (χ4n) is 4.63. The number of aryl methyl sites for hydroxylation is 1. The highest BCUT2D eigenvalue weighted by Gasteiger charge is 2.18. The van der Waals surface area contributed by atoms with E-state index in [4.69, 9.17) is 23.5 Å². The number of aromatic nitrogens is 1. The lowest BCUT2D eigenvalue weighted by Gasteiger charge is -2.14. The summed E-state index contributed by atoms with van der Waals surface area (Å²) in [7, 11) is -3.95. The van der Waals surface area contributed by atoms with Crippen molar-refractivity contribution in [2.45, 2.75) is 38.6 Å². The molecule has 0 atom stereocenters. The second-order valence-corrected chi connectivity index (χ2v) is 15.4. The molecule has 0 amide bonds. The zero-order valence-electron chi connectivity index (χ0n) is 25.2. The van der Waals surface area contributed by atoms with Crippen LogP contribution in [0.25, 0.3) is 22.4 Å². The molecule has 1 N–H and O–H groups in total. The molecule has 0 unspecified atom stereocenters. The lowest BCUT2D eigenvalue weighted by Crippen LogP contribution is -2.35. The maximum Gasteiger partial charge on any atom is 0.264 e. The molecule has 4 rings (SSSR count). The molecule has 3 aromatic rings. The third kappa shape index (κ3) is 12.9. The van der Waals surface area contributed by atoms with Crippen molar-refractivity contribution < 1.29 is 36.5 Å². The van der Waals surface area contributed by atoms with Crippen molar-refractivity contribution in [1.29, 1.82) is 0 Å². The Morgan fingerprint density at radius 3 is 2.34 bits per heavy atom. The number of fused-ring (bicyclic) bond motifs is 2. The number of para-hydroxylation sites is 1. The van der Waals surface area contributed by atoms with Crippen LogP contribution in [0.2, 0.25) is 0 Å². The molecule has 44 heavy (non-hydrogen) atoms. The number of ether oxygens (including phenoxy) is 4. The van der Waals surface area contributed by atoms with Crippen molar-refractivity contribution in [1.82, 2.24) is 0 Å². The Hall–Kier alpha value is -1.80. The zero-order valence-corrected chi connectivity index (χ0v) is 28.5. The SMILES string of the molecule is O=S(=O)(O)CCCC[n+]1c(/C=C/c2ccc3c(c2)OCCSCCOCCOCCSCCCCCO3)sc2ccccc21. The van der Waals surface area contributed by atoms with Crippen LogP contribution in [-0.2, 0) is 26.1 Å². The topological polar surface area (TPSA) is 95.2 Å². The fraction of sp³-hybridized carbons (Fsp3) is 0.531. The predicted octanol–water partition coefficient (Wildman–Crippen LogP) is 6.47. The van der Waals surface area contributed by atoms with Gasteiger partial charge in [0.05, 0.1) is 45.4 Å². The van der Waals surface area contributed by atoms with Gasteiger partial charge in [-0.25, -0.2) is 0 Å². The van der Waals surface area contributed by atoms with E-state index < -0.39 is 10.1 Å². The second-order valence-electron chi connectivity index (χ2n) is 10.3. The van der Waals surface area contributed by atoms with Gasteiger partial charge in [-0.15, -0.1) is 0 Å². The van der Waals surface area contributed by atoms with Crippen LogP contribution in [0.15, 0.2) is 42.5 Å². The highest BCUT2D eigenvalue weighted by atomic mass is 32.2. The molecule has 0 saturated heterocycles. The fourth-order valence-corrected chi connectivity index (χ4v) is 7.78. The molecular formula is C32H44NO7S4+. The molecule has 0 aliphatic carbocycles. The molecule has 2 heterocycles. The van der Waals surface area contributed by atoms with Crippen LogP contribution in [0.1, 0.15) is 42.7 Å². The largest absolute Gasteiger partial charge is 0.490 e. The van der Waals surface area contributed by atoms with Crippen LogP contribution in [0.3, 0.4) is 0 Å². The average Bonchev–Trinajstić information content (AvgIpc) is 3.36. The number of unbranched alkanes of at least 4 members (excludes halogenated alkanes) is 1. The first-order valence-corrected chi connectivity index (χ1v) is 20.0. The summed E-state index contributed by atoms with van der Waals surface area (Å²) in [5, 5.41) is 1.07. The second kappa shape index (κ2) is 19.7. The summed E-state index contributed by atoms with van der Waals surface area (Å²) >= 11 is 5.44. The van der Waals surface area contributed by atoms with Gasteiger partial charge in [0.1, 0.15) is 4.70 Å². The first kappa shape index (κ1) is 35.1. The number of hydrogen-bond donors (Lipinski definition) is 1. The minimum absolute atomic E-state index is 0.223. The number of rotatable bonds is 7. The third-order valence-corrected chi connectivity index (χ3v) is 10.7. The van der Waals surface area contributed by atoms with E-state index in [0.717, 1.165) is 74.7 Å². The number of hydrogen-bond acceptors (Lipinski definition) is 9. The molecule has 1 aliphatic heterocycles. The van der Waals surface area contributed by atoms with Crippen molar-refractivity contribution in [2.75, 3.05) is 68.4 Å². The molecule has 1 aliphatic rings. The van der Waals surface area contributed by atoms with Gasteiger partial charge in [0.25, 0.3) is 15.1 Å². The molecule has 0 fully saturated rings. The van der Waals surface area contributed by atoms with Gasteiger partial charge in [-0.1, -0.05) is 29.5 Å². The maximum atomic E-state index is 11.2. The zero-order chi connectivity index (χ0) is 30.9. The van der Waals surface area contributed by atoms with E-state index >= 15 is 0 Å². The van der Waals surface area contributed by atoms with E-state index in [-0.39, 0.29) is 5.75 Å². The van der Waals surface area contributed by atoms with Crippen LogP contribution in [-0.4, -0.2) is 81.4 Å². The van der Waals surface area contributed by atoms with Crippen LogP contribution in [0.5, 0.6) is 11.5 Å². The van der Waals surface area contributed by atoms with E-state index in [1.807, 2.05) is 47.8 Å². The van der Waals surface area contributed by atoms with Gasteiger partial charge < -0.3 is 18.9 Å². The van der Waals surface area contributed by atoms with Gasteiger partial charge in [0, 0.05) is 35.8 Å². The van der Waals surface area contributed by atoms with Gasteiger partial charge in [0.2, 0.25) is 5.52 Å². The lowest BCUT2D eigenvalue weighted by atomic mass is 10.2. The van der Waals surface area contributed by atoms with Crippen molar-refractivity contribution in [3.8, 4) is 11.5 Å². The summed E-state index contributed by atoms with van der Waals surface area (Å²) in [5.74, 6) is 5.22. The predicted molar refractivity (Wildman–Crippen MR) is 184 cm³/mol. The molecule has 2 aromatic carbocycles. The van der Waals surface area contributed by atoms with Crippen LogP contribution in [0, 0.1) is 0 Å². The number of nitrogens with zero attached hydrogens (tertiary/aromatic N) is 1. The number of benzene rings is 2. The molecule has 242 valence electrons. The Morgan fingerprint density at radius 1 is 0.773 bits per heavy atom. The molecule has 0 spiro atoms. The van der Waals surface area contributed by atoms with E-state index in [1.165, 1.54) is 6.42 Å². The average molecular weight is 683 g/mol. The minimum Gasteiger partial charge on any atom is -0.490 e. The summed E-state index contributed by atoms with van der Waals surface area (Å²) in [6.45, 7) is 4.67. The molecule has 0 bridgehead atoms. The highest BCUT2D eigenvalue weighted by molar-refractivity contribution is 7.99. The Bertz CT molecular complexity index is 1410. The van der Waals surface area contributed by atoms with E-state index in [9.17, 15) is 8.42 Å². The number of thiazole rings is 1. The summed E-state index contributed by atoms with van der Waals surface area (Å²) < 4.78 is 58.5. The lowest BCUT2D eigenvalue weighted by molar-refractivity contribution is -0.669.